The van der Waals surface area contributed by atoms with E-state index in [1.165, 1.54) is 0 Å². The summed E-state index contributed by atoms with van der Waals surface area (Å²) in [6, 6.07) is 0.441. The third-order valence-corrected chi connectivity index (χ3v) is 2.10. The van der Waals surface area contributed by atoms with Crippen LogP contribution in [-0.4, -0.2) is 22.3 Å². The van der Waals surface area contributed by atoms with Crippen LogP contribution in [0.5, 0.6) is 0 Å². The highest BCUT2D eigenvalue weighted by Crippen LogP contribution is 2.26. The molecule has 0 fully saturated rings. The molecule has 0 heterocycles. The van der Waals surface area contributed by atoms with Crippen molar-refractivity contribution in [2.24, 2.45) is 0 Å². The highest BCUT2D eigenvalue weighted by Gasteiger charge is 2.38. The highest BCUT2D eigenvalue weighted by molar-refractivity contribution is 5.36. The van der Waals surface area contributed by atoms with Gasteiger partial charge in [-0.15, -0.1) is 0 Å². The molecule has 0 radical (unpaired) electrons. The van der Waals surface area contributed by atoms with Gasteiger partial charge in [-0.1, -0.05) is 0 Å². The molecule has 9 heteroatoms. The zero-order chi connectivity index (χ0) is 14.1. The first kappa shape index (κ1) is 14.3. The van der Waals surface area contributed by atoms with E-state index in [9.17, 15) is 32.1 Å². The predicted molar refractivity (Wildman–Crippen MR) is 48.8 cm³/mol. The van der Waals surface area contributed by atoms with E-state index in [0.29, 0.717) is 0 Å². The number of nitro benzene ring substituents is 1. The van der Waals surface area contributed by atoms with Gasteiger partial charge < -0.3 is 5.11 Å². The van der Waals surface area contributed by atoms with Crippen molar-refractivity contribution in [2.75, 3.05) is 0 Å². The van der Waals surface area contributed by atoms with Gasteiger partial charge in [-0.05, 0) is 11.6 Å². The summed E-state index contributed by atoms with van der Waals surface area (Å²) in [4.78, 5) is 9.03. The number of rotatable bonds is 3. The van der Waals surface area contributed by atoms with Crippen LogP contribution in [0, 0.1) is 21.7 Å². The van der Waals surface area contributed by atoms with Gasteiger partial charge in [-0.2, -0.15) is 17.6 Å². The average Bonchev–Trinajstić information content (AvgIpc) is 2.21. The first-order valence-corrected chi connectivity index (χ1v) is 4.50. The Bertz CT molecular complexity index is 474. The van der Waals surface area contributed by atoms with Gasteiger partial charge in [0.25, 0.3) is 0 Å². The molecule has 0 aliphatic carbocycles. The van der Waals surface area contributed by atoms with Crippen LogP contribution in [0.1, 0.15) is 5.56 Å². The second-order valence-electron chi connectivity index (χ2n) is 3.41. The third kappa shape index (κ3) is 3.13. The van der Waals surface area contributed by atoms with Gasteiger partial charge >= 0.3 is 11.9 Å². The maximum atomic E-state index is 13.2. The lowest BCUT2D eigenvalue weighted by atomic mass is 10.1. The smallest absolute Gasteiger partial charge is 0.383 e. The number of alkyl halides is 3. The van der Waals surface area contributed by atoms with Gasteiger partial charge in [0.1, 0.15) is 5.82 Å². The monoisotopic (exact) mass is 271 g/mol. The summed E-state index contributed by atoms with van der Waals surface area (Å²) in [5, 5.41) is 18.9. The Morgan fingerprint density at radius 1 is 1.28 bits per heavy atom. The first-order valence-electron chi connectivity index (χ1n) is 4.50. The summed E-state index contributed by atoms with van der Waals surface area (Å²) in [6.45, 7) is 0. The minimum absolute atomic E-state index is 0.174. The van der Waals surface area contributed by atoms with E-state index in [0.717, 1.165) is 0 Å². The lowest BCUT2D eigenvalue weighted by molar-refractivity contribution is -0.387. The zero-order valence-corrected chi connectivity index (χ0v) is 8.54. The molecule has 0 aromatic heterocycles. The Balaban J connectivity index is 3.06. The van der Waals surface area contributed by atoms with Crippen molar-refractivity contribution in [3.63, 3.8) is 0 Å². The molecule has 1 rings (SSSR count). The second-order valence-corrected chi connectivity index (χ2v) is 3.41. The molecule has 1 unspecified atom stereocenters. The fourth-order valence-corrected chi connectivity index (χ4v) is 1.20. The molecule has 0 saturated heterocycles. The standard InChI is InChI=1S/C9H6F5NO3/c10-5-3-7(15(17)18)6(11)1-4(5)2-8(16)9(12,13)14/h1,3,8,16H,2H2. The van der Waals surface area contributed by atoms with Crippen molar-refractivity contribution < 1.29 is 32.0 Å². The van der Waals surface area contributed by atoms with Gasteiger partial charge in [-0.25, -0.2) is 4.39 Å². The Labute approximate surface area is 96.8 Å². The van der Waals surface area contributed by atoms with Crippen LogP contribution in [0.15, 0.2) is 12.1 Å². The SMILES string of the molecule is O=[N+]([O-])c1cc(F)c(CC(O)C(F)(F)F)cc1F. The summed E-state index contributed by atoms with van der Waals surface area (Å²) in [5.74, 6) is -2.85. The fourth-order valence-electron chi connectivity index (χ4n) is 1.20. The summed E-state index contributed by atoms with van der Waals surface area (Å²) in [6.07, 6.45) is -9.07. The molecule has 4 nitrogen and oxygen atoms in total. The van der Waals surface area contributed by atoms with Crippen LogP contribution >= 0.6 is 0 Å². The molecule has 0 amide bonds. The Hall–Kier alpha value is -1.77. The molecule has 1 aromatic rings. The van der Waals surface area contributed by atoms with E-state index >= 15 is 0 Å². The Morgan fingerprint density at radius 3 is 2.28 bits per heavy atom. The van der Waals surface area contributed by atoms with E-state index in [4.69, 9.17) is 5.11 Å². The van der Waals surface area contributed by atoms with Gasteiger partial charge in [0.05, 0.1) is 11.0 Å². The normalized spacial score (nSPS) is 13.4. The Morgan fingerprint density at radius 2 is 1.83 bits per heavy atom. The highest BCUT2D eigenvalue weighted by atomic mass is 19.4. The number of hydrogen-bond acceptors (Lipinski definition) is 3. The number of hydrogen-bond donors (Lipinski definition) is 1. The van der Waals surface area contributed by atoms with E-state index in [1.54, 1.807) is 0 Å². The molecular formula is C9H6F5NO3. The third-order valence-electron chi connectivity index (χ3n) is 2.10. The molecule has 0 aliphatic heterocycles. The topological polar surface area (TPSA) is 63.4 Å². The molecule has 1 atom stereocenters. The minimum atomic E-state index is -4.98. The molecule has 100 valence electrons. The second kappa shape index (κ2) is 4.84. The number of aliphatic hydroxyl groups is 1. The quantitative estimate of drug-likeness (QED) is 0.521. The summed E-state index contributed by atoms with van der Waals surface area (Å²) < 4.78 is 62.2. The van der Waals surface area contributed by atoms with Crippen LogP contribution in [0.25, 0.3) is 0 Å². The molecule has 0 saturated carbocycles. The van der Waals surface area contributed by atoms with Crippen LogP contribution in [-0.2, 0) is 6.42 Å². The molecule has 0 spiro atoms. The van der Waals surface area contributed by atoms with Gasteiger partial charge in [-0.3, -0.25) is 10.1 Å². The molecule has 1 N–H and O–H groups in total. The number of nitrogens with zero attached hydrogens (tertiary/aromatic N) is 1. The van der Waals surface area contributed by atoms with Crippen LogP contribution in [0.2, 0.25) is 0 Å². The number of halogens is 5. The van der Waals surface area contributed by atoms with Gasteiger partial charge in [0, 0.05) is 6.42 Å². The van der Waals surface area contributed by atoms with Crippen LogP contribution in [0.4, 0.5) is 27.6 Å². The Kier molecular flexibility index (Phi) is 3.85. The van der Waals surface area contributed by atoms with E-state index in [1.807, 2.05) is 0 Å². The zero-order valence-electron chi connectivity index (χ0n) is 8.54. The van der Waals surface area contributed by atoms with Crippen LogP contribution < -0.4 is 0 Å². The first-order chi connectivity index (χ1) is 8.12. The largest absolute Gasteiger partial charge is 0.414 e. The molecular weight excluding hydrogens is 265 g/mol. The molecule has 18 heavy (non-hydrogen) atoms. The predicted octanol–water partition coefficient (Wildman–Crippen LogP) is 2.34. The lowest BCUT2D eigenvalue weighted by Crippen LogP contribution is -2.30. The maximum absolute atomic E-state index is 13.2. The summed E-state index contributed by atoms with van der Waals surface area (Å²) in [7, 11) is 0. The van der Waals surface area contributed by atoms with Crippen molar-refractivity contribution >= 4 is 5.69 Å². The molecule has 1 aromatic carbocycles. The number of nitro groups is 1. The van der Waals surface area contributed by atoms with Crippen molar-refractivity contribution in [3.8, 4) is 0 Å². The van der Waals surface area contributed by atoms with Crippen molar-refractivity contribution in [2.45, 2.75) is 18.7 Å². The molecule has 0 aliphatic rings. The van der Waals surface area contributed by atoms with Gasteiger partial charge in [0.15, 0.2) is 6.10 Å². The molecule has 0 bridgehead atoms. The van der Waals surface area contributed by atoms with Crippen molar-refractivity contribution in [3.05, 3.63) is 39.4 Å². The number of aliphatic hydroxyl groups excluding tert-OH is 1. The van der Waals surface area contributed by atoms with Crippen molar-refractivity contribution in [1.29, 1.82) is 0 Å². The lowest BCUT2D eigenvalue weighted by Gasteiger charge is -2.14. The average molecular weight is 271 g/mol. The van der Waals surface area contributed by atoms with Crippen molar-refractivity contribution in [1.82, 2.24) is 0 Å². The maximum Gasteiger partial charge on any atom is 0.414 e. The van der Waals surface area contributed by atoms with Crippen LogP contribution in [0.3, 0.4) is 0 Å². The minimum Gasteiger partial charge on any atom is -0.383 e. The van der Waals surface area contributed by atoms with E-state index in [-0.39, 0.29) is 12.1 Å². The van der Waals surface area contributed by atoms with E-state index < -0.39 is 46.5 Å². The summed E-state index contributed by atoms with van der Waals surface area (Å²) in [5.41, 5.74) is -1.97. The number of benzene rings is 1. The summed E-state index contributed by atoms with van der Waals surface area (Å²) >= 11 is 0. The fraction of sp³-hybridized carbons (Fsp3) is 0.333. The van der Waals surface area contributed by atoms with E-state index in [2.05, 4.69) is 0 Å². The van der Waals surface area contributed by atoms with Gasteiger partial charge in [0.2, 0.25) is 5.82 Å².